The summed E-state index contributed by atoms with van der Waals surface area (Å²) in [5, 5.41) is -5.91. The Labute approximate surface area is 76.4 Å². The number of halogens is 5. The van der Waals surface area contributed by atoms with E-state index < -0.39 is 28.2 Å². The van der Waals surface area contributed by atoms with Crippen LogP contribution in [0.5, 0.6) is 0 Å². The van der Waals surface area contributed by atoms with Gasteiger partial charge in [-0.25, -0.2) is 0 Å². The van der Waals surface area contributed by atoms with Crippen molar-refractivity contribution in [1.82, 2.24) is 0 Å². The average molecular weight is 240 g/mol. The van der Waals surface area contributed by atoms with E-state index in [1.807, 2.05) is 0 Å². The molecule has 0 aliphatic heterocycles. The van der Waals surface area contributed by atoms with Crippen molar-refractivity contribution in [2.45, 2.75) is 11.4 Å². The molecule has 0 aliphatic rings. The van der Waals surface area contributed by atoms with Crippen molar-refractivity contribution >= 4 is 10.2 Å². The molecule has 0 heterocycles. The fourth-order valence-corrected chi connectivity index (χ4v) is 0.732. The van der Waals surface area contributed by atoms with E-state index >= 15 is 0 Å². The first-order chi connectivity index (χ1) is 6.06. The minimum Gasteiger partial charge on any atom is -0.311 e. The highest BCUT2D eigenvalue weighted by Gasteiger charge is 2.68. The molecule has 0 fully saturated rings. The first kappa shape index (κ1) is 13.3. The predicted molar refractivity (Wildman–Crippen MR) is 36.1 cm³/mol. The van der Waals surface area contributed by atoms with Crippen LogP contribution in [0.4, 0.5) is 21.4 Å². The maximum absolute atomic E-state index is 12.2. The van der Waals surface area contributed by atoms with Gasteiger partial charge in [-0.1, -0.05) is 9.96 Å². The molecule has 0 N–H and O–H groups in total. The van der Waals surface area contributed by atoms with E-state index in [0.29, 0.717) is 6.08 Å². The van der Waals surface area contributed by atoms with Gasteiger partial charge in [0.15, 0.2) is 0 Å². The molecule has 9 heteroatoms. The Morgan fingerprint density at radius 2 is 1.71 bits per heavy atom. The highest BCUT2D eigenvalue weighted by molar-refractivity contribution is 7.87. The molecule has 14 heavy (non-hydrogen) atoms. The van der Waals surface area contributed by atoms with Gasteiger partial charge in [-0.15, -0.1) is 6.58 Å². The molecule has 0 unspecified atom stereocenters. The zero-order chi connectivity index (χ0) is 11.6. The Morgan fingerprint density at radius 3 is 2.00 bits per heavy atom. The van der Waals surface area contributed by atoms with Gasteiger partial charge in [-0.05, 0) is 0 Å². The van der Waals surface area contributed by atoms with Gasteiger partial charge in [-0.3, -0.25) is 0 Å². The molecular weight excluding hydrogens is 235 g/mol. The smallest absolute Gasteiger partial charge is 0.311 e. The number of hydrogen-bond acceptors (Lipinski definition) is 3. The van der Waals surface area contributed by atoms with Crippen LogP contribution < -0.4 is 0 Å². The zero-order valence-corrected chi connectivity index (χ0v) is 7.33. The normalized spacial score (nSPS) is 14.1. The molecule has 0 spiro atoms. The van der Waals surface area contributed by atoms with Crippen molar-refractivity contribution in [3.05, 3.63) is 12.7 Å². The van der Waals surface area contributed by atoms with Gasteiger partial charge < -0.3 is 4.74 Å². The summed E-state index contributed by atoms with van der Waals surface area (Å²) in [6, 6.07) is 0. The SMILES string of the molecule is C=CCOC(F)(F)C(F)(F)S(=O)(=O)F. The van der Waals surface area contributed by atoms with E-state index in [0.717, 1.165) is 0 Å². The van der Waals surface area contributed by atoms with E-state index in [1.165, 1.54) is 0 Å². The van der Waals surface area contributed by atoms with Crippen LogP contribution in [0.2, 0.25) is 0 Å². The van der Waals surface area contributed by atoms with Crippen LogP contribution in [0.3, 0.4) is 0 Å². The maximum atomic E-state index is 12.2. The summed E-state index contributed by atoms with van der Waals surface area (Å²) in [7, 11) is -6.73. The maximum Gasteiger partial charge on any atom is 0.464 e. The van der Waals surface area contributed by atoms with E-state index in [2.05, 4.69) is 11.3 Å². The van der Waals surface area contributed by atoms with Crippen molar-refractivity contribution in [3.63, 3.8) is 0 Å². The van der Waals surface area contributed by atoms with Crippen LogP contribution in [0, 0.1) is 0 Å². The van der Waals surface area contributed by atoms with Crippen molar-refractivity contribution in [1.29, 1.82) is 0 Å². The highest BCUT2D eigenvalue weighted by Crippen LogP contribution is 2.40. The molecule has 0 amide bonds. The molecule has 3 nitrogen and oxygen atoms in total. The topological polar surface area (TPSA) is 43.4 Å². The average Bonchev–Trinajstić information content (AvgIpc) is 1.98. The Balaban J connectivity index is 4.97. The summed E-state index contributed by atoms with van der Waals surface area (Å²) in [6.45, 7) is 1.82. The van der Waals surface area contributed by atoms with Gasteiger partial charge in [0.25, 0.3) is 0 Å². The van der Waals surface area contributed by atoms with E-state index in [4.69, 9.17) is 0 Å². The Hall–Kier alpha value is -0.700. The molecule has 0 aromatic rings. The van der Waals surface area contributed by atoms with Crippen LogP contribution >= 0.6 is 0 Å². The van der Waals surface area contributed by atoms with Crippen LogP contribution in [-0.4, -0.2) is 26.4 Å². The summed E-state index contributed by atoms with van der Waals surface area (Å²) in [5.41, 5.74) is 0. The lowest BCUT2D eigenvalue weighted by atomic mass is 10.6. The second kappa shape index (κ2) is 3.81. The fraction of sp³-hybridized carbons (Fsp3) is 0.600. The number of hydrogen-bond donors (Lipinski definition) is 0. The first-order valence-electron chi connectivity index (χ1n) is 3.01. The first-order valence-corrected chi connectivity index (χ1v) is 4.39. The quantitative estimate of drug-likeness (QED) is 0.417. The molecule has 0 atom stereocenters. The molecule has 84 valence electrons. The summed E-state index contributed by atoms with van der Waals surface area (Å²) >= 11 is 0. The Kier molecular flexibility index (Phi) is 3.62. The van der Waals surface area contributed by atoms with Crippen LogP contribution in [0.15, 0.2) is 12.7 Å². The van der Waals surface area contributed by atoms with Crippen LogP contribution in [0.25, 0.3) is 0 Å². The third-order valence-electron chi connectivity index (χ3n) is 1.03. The van der Waals surface area contributed by atoms with E-state index in [1.54, 1.807) is 0 Å². The molecule has 0 aliphatic carbocycles. The summed E-state index contributed by atoms with van der Waals surface area (Å²) < 4.78 is 83.0. The van der Waals surface area contributed by atoms with Gasteiger partial charge in [-0.2, -0.15) is 26.0 Å². The predicted octanol–water partition coefficient (Wildman–Crippen LogP) is 1.67. The minimum atomic E-state index is -6.73. The lowest BCUT2D eigenvalue weighted by Crippen LogP contribution is -2.47. The number of rotatable bonds is 5. The molecule has 0 bridgehead atoms. The summed E-state index contributed by atoms with van der Waals surface area (Å²) in [5.74, 6) is 0. The lowest BCUT2D eigenvalue weighted by molar-refractivity contribution is -0.313. The summed E-state index contributed by atoms with van der Waals surface area (Å²) in [6.07, 6.45) is -4.76. The summed E-state index contributed by atoms with van der Waals surface area (Å²) in [4.78, 5) is 0. The van der Waals surface area contributed by atoms with E-state index in [-0.39, 0.29) is 0 Å². The number of ether oxygens (including phenoxy) is 1. The largest absolute Gasteiger partial charge is 0.464 e. The molecule has 0 aromatic heterocycles. The molecular formula is C5H5F5O3S. The second-order valence-electron chi connectivity index (χ2n) is 2.07. The third kappa shape index (κ3) is 2.41. The number of alkyl halides is 4. The van der Waals surface area contributed by atoms with Gasteiger partial charge in [0.05, 0.1) is 6.61 Å². The third-order valence-corrected chi connectivity index (χ3v) is 1.88. The van der Waals surface area contributed by atoms with Crippen molar-refractivity contribution in [3.8, 4) is 0 Å². The van der Waals surface area contributed by atoms with Crippen molar-refractivity contribution in [2.75, 3.05) is 6.61 Å². The molecule has 0 radical (unpaired) electrons. The van der Waals surface area contributed by atoms with Gasteiger partial charge in [0, 0.05) is 0 Å². The van der Waals surface area contributed by atoms with Crippen molar-refractivity contribution in [2.24, 2.45) is 0 Å². The molecule has 0 saturated carbocycles. The zero-order valence-electron chi connectivity index (χ0n) is 6.51. The van der Waals surface area contributed by atoms with Gasteiger partial charge >= 0.3 is 21.6 Å². The minimum absolute atomic E-state index is 0.675. The lowest BCUT2D eigenvalue weighted by Gasteiger charge is -2.21. The molecule has 0 saturated heterocycles. The van der Waals surface area contributed by atoms with Gasteiger partial charge in [0.1, 0.15) is 0 Å². The Morgan fingerprint density at radius 1 is 1.29 bits per heavy atom. The monoisotopic (exact) mass is 240 g/mol. The standard InChI is InChI=1S/C5H5F5O3S/c1-2-3-13-4(6,7)5(8,9)14(10,11)12/h2H,1,3H2. The van der Waals surface area contributed by atoms with E-state index in [9.17, 15) is 29.9 Å². The second-order valence-corrected chi connectivity index (χ2v) is 3.46. The highest BCUT2D eigenvalue weighted by atomic mass is 32.3. The Bertz CT molecular complexity index is 309. The fourth-order valence-electron chi connectivity index (χ4n) is 0.390. The molecule has 0 aromatic carbocycles. The molecule has 0 rings (SSSR count). The van der Waals surface area contributed by atoms with Crippen LogP contribution in [-0.2, 0) is 15.0 Å². The van der Waals surface area contributed by atoms with Crippen LogP contribution in [0.1, 0.15) is 0 Å². The van der Waals surface area contributed by atoms with Crippen molar-refractivity contribution < 1.29 is 34.6 Å². The van der Waals surface area contributed by atoms with Gasteiger partial charge in [0.2, 0.25) is 0 Å².